The number of halogens is 1. The molecule has 0 fully saturated rings. The predicted octanol–water partition coefficient (Wildman–Crippen LogP) is 2.92. The van der Waals surface area contributed by atoms with Crippen molar-refractivity contribution < 1.29 is 9.53 Å². The van der Waals surface area contributed by atoms with Gasteiger partial charge in [-0.3, -0.25) is 4.79 Å². The third-order valence-electron chi connectivity index (χ3n) is 1.86. The van der Waals surface area contributed by atoms with Crippen LogP contribution in [0.3, 0.4) is 0 Å². The van der Waals surface area contributed by atoms with Gasteiger partial charge in [-0.1, -0.05) is 0 Å². The summed E-state index contributed by atoms with van der Waals surface area (Å²) in [7, 11) is 0. The van der Waals surface area contributed by atoms with Crippen molar-refractivity contribution in [3.8, 4) is 11.8 Å². The molecular weight excluding hydrogens is 258 g/mol. The fourth-order valence-corrected chi connectivity index (χ4v) is 1.78. The van der Waals surface area contributed by atoms with Gasteiger partial charge in [0.25, 0.3) is 0 Å². The van der Waals surface area contributed by atoms with Gasteiger partial charge in [-0.15, -0.1) is 0 Å². The van der Waals surface area contributed by atoms with E-state index in [0.29, 0.717) is 28.0 Å². The molecule has 0 radical (unpaired) electrons. The first-order valence-electron chi connectivity index (χ1n) is 4.47. The summed E-state index contributed by atoms with van der Waals surface area (Å²) in [4.78, 5) is 11.3. The zero-order chi connectivity index (χ0) is 11.4. The Morgan fingerprint density at radius 2 is 2.27 bits per heavy atom. The lowest BCUT2D eigenvalue weighted by Gasteiger charge is -2.07. The van der Waals surface area contributed by atoms with Crippen molar-refractivity contribution in [2.45, 2.75) is 13.8 Å². The summed E-state index contributed by atoms with van der Waals surface area (Å²) >= 11 is 3.23. The molecule has 4 heteroatoms. The summed E-state index contributed by atoms with van der Waals surface area (Å²) in [5, 5.41) is 8.87. The van der Waals surface area contributed by atoms with Gasteiger partial charge in [-0.05, 0) is 41.9 Å². The van der Waals surface area contributed by atoms with E-state index in [1.165, 1.54) is 6.92 Å². The number of Topliss-reactive ketones (excluding diaryl/α,β-unsaturated/α-hetero) is 1. The van der Waals surface area contributed by atoms with Crippen molar-refractivity contribution in [3.63, 3.8) is 0 Å². The van der Waals surface area contributed by atoms with Gasteiger partial charge in [0.05, 0.1) is 12.2 Å². The number of hydrogen-bond donors (Lipinski definition) is 0. The number of nitrogens with zero attached hydrogens (tertiary/aromatic N) is 1. The van der Waals surface area contributed by atoms with Crippen LogP contribution < -0.4 is 4.74 Å². The Morgan fingerprint density at radius 1 is 1.60 bits per heavy atom. The van der Waals surface area contributed by atoms with Gasteiger partial charge in [-0.25, -0.2) is 0 Å². The minimum Gasteiger partial charge on any atom is -0.494 e. The van der Waals surface area contributed by atoms with E-state index in [2.05, 4.69) is 15.9 Å². The molecule has 1 rings (SSSR count). The van der Waals surface area contributed by atoms with Crippen LogP contribution in [0.1, 0.15) is 29.8 Å². The van der Waals surface area contributed by atoms with Crippen LogP contribution in [0.5, 0.6) is 5.75 Å². The summed E-state index contributed by atoms with van der Waals surface area (Å²) in [6, 6.07) is 5.26. The molecule has 0 heterocycles. The number of benzene rings is 1. The minimum absolute atomic E-state index is 0.0973. The number of carbonyl (C=O) groups is 1. The number of ketones is 1. The van der Waals surface area contributed by atoms with Gasteiger partial charge in [-0.2, -0.15) is 5.26 Å². The molecule has 1 aromatic rings. The second-order valence-electron chi connectivity index (χ2n) is 2.93. The SMILES string of the molecule is CCOc1cc(C#N)c(Br)c(C(C)=O)c1. The van der Waals surface area contributed by atoms with Crippen LogP contribution in [0.2, 0.25) is 0 Å². The van der Waals surface area contributed by atoms with E-state index in [1.807, 2.05) is 13.0 Å². The van der Waals surface area contributed by atoms with Gasteiger partial charge < -0.3 is 4.74 Å². The van der Waals surface area contributed by atoms with E-state index in [4.69, 9.17) is 10.00 Å². The Bertz CT molecular complexity index is 435. The highest BCUT2D eigenvalue weighted by Crippen LogP contribution is 2.27. The lowest BCUT2D eigenvalue weighted by atomic mass is 10.1. The molecule has 0 amide bonds. The van der Waals surface area contributed by atoms with Crippen molar-refractivity contribution in [1.82, 2.24) is 0 Å². The Balaban J connectivity index is 3.33. The molecule has 0 aliphatic carbocycles. The fraction of sp³-hybridized carbons (Fsp3) is 0.273. The van der Waals surface area contributed by atoms with E-state index < -0.39 is 0 Å². The molecule has 0 N–H and O–H groups in total. The van der Waals surface area contributed by atoms with Crippen LogP contribution in [0, 0.1) is 11.3 Å². The van der Waals surface area contributed by atoms with Gasteiger partial charge in [0.2, 0.25) is 0 Å². The Morgan fingerprint density at radius 3 is 2.73 bits per heavy atom. The largest absolute Gasteiger partial charge is 0.494 e. The summed E-state index contributed by atoms with van der Waals surface area (Å²) in [6.07, 6.45) is 0. The summed E-state index contributed by atoms with van der Waals surface area (Å²) < 4.78 is 5.80. The normalized spacial score (nSPS) is 9.47. The van der Waals surface area contributed by atoms with Crippen molar-refractivity contribution in [3.05, 3.63) is 27.7 Å². The second kappa shape index (κ2) is 4.94. The number of rotatable bonds is 3. The molecule has 0 unspecified atom stereocenters. The molecule has 0 aliphatic rings. The molecule has 0 saturated heterocycles. The lowest BCUT2D eigenvalue weighted by molar-refractivity contribution is 0.101. The van der Waals surface area contributed by atoms with Gasteiger partial charge in [0, 0.05) is 10.0 Å². The lowest BCUT2D eigenvalue weighted by Crippen LogP contribution is -1.99. The van der Waals surface area contributed by atoms with Crippen LogP contribution in [0.25, 0.3) is 0 Å². The Labute approximate surface area is 96.8 Å². The van der Waals surface area contributed by atoms with E-state index in [-0.39, 0.29) is 5.78 Å². The molecule has 78 valence electrons. The highest BCUT2D eigenvalue weighted by atomic mass is 79.9. The first kappa shape index (κ1) is 11.7. The zero-order valence-electron chi connectivity index (χ0n) is 8.50. The molecule has 1 aromatic carbocycles. The molecule has 15 heavy (non-hydrogen) atoms. The van der Waals surface area contributed by atoms with Crippen LogP contribution in [-0.2, 0) is 0 Å². The Hall–Kier alpha value is -1.34. The molecular formula is C11H10BrNO2. The van der Waals surface area contributed by atoms with Gasteiger partial charge in [0.1, 0.15) is 11.8 Å². The van der Waals surface area contributed by atoms with E-state index in [9.17, 15) is 4.79 Å². The van der Waals surface area contributed by atoms with E-state index in [0.717, 1.165) is 0 Å². The van der Waals surface area contributed by atoms with E-state index in [1.54, 1.807) is 12.1 Å². The first-order valence-corrected chi connectivity index (χ1v) is 5.26. The standard InChI is InChI=1S/C11H10BrNO2/c1-3-15-9-4-8(6-13)11(12)10(5-9)7(2)14/h4-5H,3H2,1-2H3. The number of nitriles is 1. The van der Waals surface area contributed by atoms with E-state index >= 15 is 0 Å². The third kappa shape index (κ3) is 2.57. The molecule has 0 bridgehead atoms. The van der Waals surface area contributed by atoms with Gasteiger partial charge in [0.15, 0.2) is 5.78 Å². The predicted molar refractivity (Wildman–Crippen MR) is 60.0 cm³/mol. The van der Waals surface area contributed by atoms with Crippen molar-refractivity contribution in [2.75, 3.05) is 6.61 Å². The summed E-state index contributed by atoms with van der Waals surface area (Å²) in [5.41, 5.74) is 0.878. The number of ether oxygens (including phenoxy) is 1. The maximum absolute atomic E-state index is 11.3. The topological polar surface area (TPSA) is 50.1 Å². The van der Waals surface area contributed by atoms with Crippen LogP contribution in [-0.4, -0.2) is 12.4 Å². The minimum atomic E-state index is -0.0973. The molecule has 0 atom stereocenters. The highest BCUT2D eigenvalue weighted by Gasteiger charge is 2.12. The monoisotopic (exact) mass is 267 g/mol. The summed E-state index contributed by atoms with van der Waals surface area (Å²) in [6.45, 7) is 3.81. The maximum atomic E-state index is 11.3. The first-order chi connectivity index (χ1) is 7.10. The maximum Gasteiger partial charge on any atom is 0.161 e. The van der Waals surface area contributed by atoms with Crippen molar-refractivity contribution in [1.29, 1.82) is 5.26 Å². The van der Waals surface area contributed by atoms with Crippen LogP contribution in [0.4, 0.5) is 0 Å². The van der Waals surface area contributed by atoms with Crippen molar-refractivity contribution >= 4 is 21.7 Å². The molecule has 0 aliphatic heterocycles. The molecule has 0 saturated carbocycles. The molecule has 0 aromatic heterocycles. The molecule has 0 spiro atoms. The zero-order valence-corrected chi connectivity index (χ0v) is 10.1. The quantitative estimate of drug-likeness (QED) is 0.792. The fourth-order valence-electron chi connectivity index (χ4n) is 1.19. The number of hydrogen-bond acceptors (Lipinski definition) is 3. The van der Waals surface area contributed by atoms with Crippen molar-refractivity contribution in [2.24, 2.45) is 0 Å². The highest BCUT2D eigenvalue weighted by molar-refractivity contribution is 9.10. The average Bonchev–Trinajstić information content (AvgIpc) is 2.20. The van der Waals surface area contributed by atoms with Crippen LogP contribution in [0.15, 0.2) is 16.6 Å². The van der Waals surface area contributed by atoms with Gasteiger partial charge >= 0.3 is 0 Å². The number of carbonyl (C=O) groups excluding carboxylic acids is 1. The average molecular weight is 268 g/mol. The van der Waals surface area contributed by atoms with Crippen LogP contribution >= 0.6 is 15.9 Å². The molecule has 3 nitrogen and oxygen atoms in total. The Kier molecular flexibility index (Phi) is 3.87. The smallest absolute Gasteiger partial charge is 0.161 e. The summed E-state index contributed by atoms with van der Waals surface area (Å²) in [5.74, 6) is 0.447. The third-order valence-corrected chi connectivity index (χ3v) is 2.71. The second-order valence-corrected chi connectivity index (χ2v) is 3.73.